The van der Waals surface area contributed by atoms with Crippen LogP contribution in [0.1, 0.15) is 18.7 Å². The molecule has 1 N–H and O–H groups in total. The first kappa shape index (κ1) is 16.0. The summed E-state index contributed by atoms with van der Waals surface area (Å²) in [5.41, 5.74) is 1.09. The lowest BCUT2D eigenvalue weighted by atomic mass is 10.2. The molecule has 21 heavy (non-hydrogen) atoms. The number of rotatable bonds is 6. The molecule has 0 aliphatic rings. The van der Waals surface area contributed by atoms with Gasteiger partial charge in [-0.05, 0) is 43.7 Å². The van der Waals surface area contributed by atoms with Crippen molar-refractivity contribution in [2.24, 2.45) is 0 Å². The van der Waals surface area contributed by atoms with Crippen LogP contribution < -0.4 is 0 Å². The molecule has 2 aromatic rings. The maximum atomic E-state index is 10.9. The van der Waals surface area contributed by atoms with Crippen LogP contribution in [0.25, 0.3) is 10.4 Å². The van der Waals surface area contributed by atoms with Gasteiger partial charge in [-0.2, -0.15) is 0 Å². The molecular weight excluding hydrogens is 306 g/mol. The summed E-state index contributed by atoms with van der Waals surface area (Å²) in [5, 5.41) is 9.69. The molecule has 0 fully saturated rings. The number of nitrogens with zero attached hydrogens (tertiary/aromatic N) is 1. The van der Waals surface area contributed by atoms with E-state index in [-0.39, 0.29) is 12.6 Å². The third kappa shape index (κ3) is 4.56. The molecule has 112 valence electrons. The Bertz CT molecular complexity index is 624. The summed E-state index contributed by atoms with van der Waals surface area (Å²) in [7, 11) is 0. The van der Waals surface area contributed by atoms with E-state index < -0.39 is 5.97 Å². The van der Waals surface area contributed by atoms with Gasteiger partial charge in [-0.3, -0.25) is 9.69 Å². The summed E-state index contributed by atoms with van der Waals surface area (Å²) in [4.78, 5) is 15.2. The summed E-state index contributed by atoms with van der Waals surface area (Å²) >= 11 is 7.69. The Labute approximate surface area is 133 Å². The Hall–Kier alpha value is -1.36. The molecule has 5 heteroatoms. The molecule has 0 saturated heterocycles. The van der Waals surface area contributed by atoms with Gasteiger partial charge in [0.15, 0.2) is 0 Å². The van der Waals surface area contributed by atoms with Crippen molar-refractivity contribution in [3.63, 3.8) is 0 Å². The van der Waals surface area contributed by atoms with Gasteiger partial charge in [0.2, 0.25) is 0 Å². The van der Waals surface area contributed by atoms with Gasteiger partial charge in [0, 0.05) is 27.4 Å². The molecule has 0 aliphatic carbocycles. The fourth-order valence-corrected chi connectivity index (χ4v) is 3.27. The first-order valence-corrected chi connectivity index (χ1v) is 7.95. The van der Waals surface area contributed by atoms with E-state index in [2.05, 4.69) is 12.1 Å². The largest absolute Gasteiger partial charge is 0.480 e. The molecule has 0 aliphatic heterocycles. The third-order valence-corrected chi connectivity index (χ3v) is 4.55. The van der Waals surface area contributed by atoms with Crippen molar-refractivity contribution in [2.45, 2.75) is 26.4 Å². The van der Waals surface area contributed by atoms with Crippen LogP contribution in [0.3, 0.4) is 0 Å². The van der Waals surface area contributed by atoms with Gasteiger partial charge >= 0.3 is 5.97 Å². The molecule has 1 aromatic carbocycles. The van der Waals surface area contributed by atoms with E-state index in [9.17, 15) is 4.79 Å². The number of aliphatic carboxylic acids is 1. The molecule has 0 spiro atoms. The Kier molecular flexibility index (Phi) is 5.39. The van der Waals surface area contributed by atoms with Crippen molar-refractivity contribution in [1.29, 1.82) is 0 Å². The number of carboxylic acids is 1. The maximum absolute atomic E-state index is 10.9. The van der Waals surface area contributed by atoms with E-state index in [0.717, 1.165) is 20.3 Å². The zero-order valence-electron chi connectivity index (χ0n) is 12.0. The van der Waals surface area contributed by atoms with Crippen molar-refractivity contribution >= 4 is 28.9 Å². The lowest BCUT2D eigenvalue weighted by Crippen LogP contribution is -2.34. The second kappa shape index (κ2) is 7.07. The average Bonchev–Trinajstić information content (AvgIpc) is 2.86. The zero-order valence-corrected chi connectivity index (χ0v) is 13.6. The third-order valence-electron chi connectivity index (χ3n) is 3.20. The van der Waals surface area contributed by atoms with Crippen LogP contribution in [0, 0.1) is 0 Å². The normalized spacial score (nSPS) is 11.3. The standard InChI is InChI=1S/C16H18ClNO2S/c1-11(2)18(10-16(19)20)9-14-6-7-15(21-14)12-4-3-5-13(17)8-12/h3-8,11H,9-10H2,1-2H3,(H,19,20). The zero-order chi connectivity index (χ0) is 15.4. The van der Waals surface area contributed by atoms with Gasteiger partial charge in [0.1, 0.15) is 0 Å². The van der Waals surface area contributed by atoms with Gasteiger partial charge in [0.05, 0.1) is 6.54 Å². The number of hydrogen-bond donors (Lipinski definition) is 1. The van der Waals surface area contributed by atoms with Crippen molar-refractivity contribution in [2.75, 3.05) is 6.54 Å². The maximum Gasteiger partial charge on any atom is 0.317 e. The van der Waals surface area contributed by atoms with Crippen molar-refractivity contribution in [3.8, 4) is 10.4 Å². The molecule has 2 rings (SSSR count). The minimum absolute atomic E-state index is 0.0576. The average molecular weight is 324 g/mol. The molecular formula is C16H18ClNO2S. The number of carboxylic acid groups (broad SMARTS) is 1. The van der Waals surface area contributed by atoms with Gasteiger partial charge in [0.25, 0.3) is 0 Å². The van der Waals surface area contributed by atoms with Crippen LogP contribution in [0.5, 0.6) is 0 Å². The Morgan fingerprint density at radius 2 is 2.10 bits per heavy atom. The van der Waals surface area contributed by atoms with Crippen LogP contribution in [0.4, 0.5) is 0 Å². The highest BCUT2D eigenvalue weighted by Crippen LogP contribution is 2.30. The number of carbonyl (C=O) groups is 1. The molecule has 0 bridgehead atoms. The molecule has 0 amide bonds. The Balaban J connectivity index is 2.14. The fraction of sp³-hybridized carbons (Fsp3) is 0.312. The smallest absolute Gasteiger partial charge is 0.317 e. The van der Waals surface area contributed by atoms with Crippen molar-refractivity contribution in [1.82, 2.24) is 4.90 Å². The molecule has 1 heterocycles. The minimum Gasteiger partial charge on any atom is -0.480 e. The van der Waals surface area contributed by atoms with Gasteiger partial charge in [-0.25, -0.2) is 0 Å². The fourth-order valence-electron chi connectivity index (χ4n) is 2.05. The summed E-state index contributed by atoms with van der Waals surface area (Å²) in [6.45, 7) is 4.72. The van der Waals surface area contributed by atoms with E-state index in [4.69, 9.17) is 16.7 Å². The van der Waals surface area contributed by atoms with E-state index in [1.54, 1.807) is 11.3 Å². The molecule has 0 atom stereocenters. The SMILES string of the molecule is CC(C)N(CC(=O)O)Cc1ccc(-c2cccc(Cl)c2)s1. The van der Waals surface area contributed by atoms with E-state index >= 15 is 0 Å². The van der Waals surface area contributed by atoms with Crippen LogP contribution in [-0.4, -0.2) is 28.6 Å². The van der Waals surface area contributed by atoms with Crippen LogP contribution in [0.15, 0.2) is 36.4 Å². The van der Waals surface area contributed by atoms with E-state index in [0.29, 0.717) is 6.54 Å². The van der Waals surface area contributed by atoms with E-state index in [1.807, 2.05) is 43.0 Å². The van der Waals surface area contributed by atoms with Crippen molar-refractivity contribution < 1.29 is 9.90 Å². The Morgan fingerprint density at radius 1 is 1.33 bits per heavy atom. The topological polar surface area (TPSA) is 40.5 Å². The first-order valence-electron chi connectivity index (χ1n) is 6.76. The summed E-state index contributed by atoms with van der Waals surface area (Å²) in [6.07, 6.45) is 0. The minimum atomic E-state index is -0.796. The van der Waals surface area contributed by atoms with Crippen LogP contribution >= 0.6 is 22.9 Å². The highest BCUT2D eigenvalue weighted by Gasteiger charge is 2.15. The summed E-state index contributed by atoms with van der Waals surface area (Å²) in [6, 6.07) is 12.1. The molecule has 0 unspecified atom stereocenters. The van der Waals surface area contributed by atoms with Gasteiger partial charge in [-0.1, -0.05) is 23.7 Å². The quantitative estimate of drug-likeness (QED) is 0.858. The first-order chi connectivity index (χ1) is 9.95. The van der Waals surface area contributed by atoms with Crippen LogP contribution in [-0.2, 0) is 11.3 Å². The summed E-state index contributed by atoms with van der Waals surface area (Å²) in [5.74, 6) is -0.796. The number of halogens is 1. The lowest BCUT2D eigenvalue weighted by Gasteiger charge is -2.23. The van der Waals surface area contributed by atoms with Gasteiger partial charge in [-0.15, -0.1) is 11.3 Å². The summed E-state index contributed by atoms with van der Waals surface area (Å²) < 4.78 is 0. The van der Waals surface area contributed by atoms with Crippen molar-refractivity contribution in [3.05, 3.63) is 46.3 Å². The highest BCUT2D eigenvalue weighted by molar-refractivity contribution is 7.15. The monoisotopic (exact) mass is 323 g/mol. The molecule has 0 saturated carbocycles. The number of benzene rings is 1. The second-order valence-electron chi connectivity index (χ2n) is 5.17. The molecule has 0 radical (unpaired) electrons. The number of thiophene rings is 1. The predicted octanol–water partition coefficient (Wildman–Crippen LogP) is 4.36. The molecule has 3 nitrogen and oxygen atoms in total. The lowest BCUT2D eigenvalue weighted by molar-refractivity contribution is -0.138. The van der Waals surface area contributed by atoms with Crippen LogP contribution in [0.2, 0.25) is 5.02 Å². The molecule has 1 aromatic heterocycles. The second-order valence-corrected chi connectivity index (χ2v) is 6.77. The Morgan fingerprint density at radius 3 is 2.71 bits per heavy atom. The van der Waals surface area contributed by atoms with E-state index in [1.165, 1.54) is 0 Å². The highest BCUT2D eigenvalue weighted by atomic mass is 35.5. The number of hydrogen-bond acceptors (Lipinski definition) is 3. The predicted molar refractivity (Wildman–Crippen MR) is 87.9 cm³/mol. The van der Waals surface area contributed by atoms with Gasteiger partial charge < -0.3 is 5.11 Å².